The number of nitrogens with one attached hydrogen (secondary N) is 1. The van der Waals surface area contributed by atoms with Crippen molar-refractivity contribution in [1.29, 1.82) is 0 Å². The van der Waals surface area contributed by atoms with Crippen molar-refractivity contribution < 1.29 is 9.53 Å². The summed E-state index contributed by atoms with van der Waals surface area (Å²) in [5.74, 6) is 0.504. The summed E-state index contributed by atoms with van der Waals surface area (Å²) in [5.41, 5.74) is 0. The Morgan fingerprint density at radius 2 is 2.40 bits per heavy atom. The molecule has 0 aliphatic rings. The fraction of sp³-hybridized carbons (Fsp3) is 0.600. The molecule has 0 radical (unpaired) electrons. The van der Waals surface area contributed by atoms with E-state index in [1.54, 1.807) is 17.1 Å². The van der Waals surface area contributed by atoms with Crippen molar-refractivity contribution in [1.82, 2.24) is 15.1 Å². The van der Waals surface area contributed by atoms with Gasteiger partial charge < -0.3 is 10.1 Å². The third kappa shape index (κ3) is 3.61. The molecule has 0 aliphatic heterocycles. The molecule has 0 atom stereocenters. The van der Waals surface area contributed by atoms with Gasteiger partial charge in [-0.2, -0.15) is 5.10 Å². The number of hydrogen-bond acceptors (Lipinski definition) is 3. The average Bonchev–Trinajstić information content (AvgIpc) is 2.63. The fourth-order valence-electron chi connectivity index (χ4n) is 1.07. The van der Waals surface area contributed by atoms with Crippen LogP contribution in [0.25, 0.3) is 0 Å². The molecule has 0 aromatic carbocycles. The summed E-state index contributed by atoms with van der Waals surface area (Å²) in [6.07, 6.45) is 3.39. The SMILES string of the molecule is CCNC(=O)COc1cnn(C(C)C)c1. The molecule has 1 N–H and O–H groups in total. The molecule has 1 amide bonds. The highest BCUT2D eigenvalue weighted by atomic mass is 16.5. The first-order valence-corrected chi connectivity index (χ1v) is 5.07. The van der Waals surface area contributed by atoms with Gasteiger partial charge in [-0.05, 0) is 20.8 Å². The molecular weight excluding hydrogens is 194 g/mol. The highest BCUT2D eigenvalue weighted by molar-refractivity contribution is 5.77. The lowest BCUT2D eigenvalue weighted by molar-refractivity contribution is -0.122. The van der Waals surface area contributed by atoms with Crippen molar-refractivity contribution in [3.63, 3.8) is 0 Å². The minimum atomic E-state index is -0.116. The van der Waals surface area contributed by atoms with Crippen LogP contribution in [0.4, 0.5) is 0 Å². The molecule has 1 heterocycles. The molecule has 1 aromatic rings. The Balaban J connectivity index is 2.41. The Bertz CT molecular complexity index is 320. The number of carbonyl (C=O) groups is 1. The van der Waals surface area contributed by atoms with Crippen LogP contribution in [0.5, 0.6) is 5.75 Å². The topological polar surface area (TPSA) is 56.1 Å². The van der Waals surface area contributed by atoms with Crippen LogP contribution in [-0.4, -0.2) is 28.8 Å². The van der Waals surface area contributed by atoms with Crippen molar-refractivity contribution in [2.45, 2.75) is 26.8 Å². The van der Waals surface area contributed by atoms with Gasteiger partial charge in [0.05, 0.1) is 12.4 Å². The monoisotopic (exact) mass is 211 g/mol. The van der Waals surface area contributed by atoms with E-state index >= 15 is 0 Å². The number of likely N-dealkylation sites (N-methyl/N-ethyl adjacent to an activating group) is 1. The van der Waals surface area contributed by atoms with Crippen molar-refractivity contribution in [3.8, 4) is 5.75 Å². The van der Waals surface area contributed by atoms with Crippen LogP contribution in [0.15, 0.2) is 12.4 Å². The fourth-order valence-corrected chi connectivity index (χ4v) is 1.07. The molecule has 5 nitrogen and oxygen atoms in total. The van der Waals surface area contributed by atoms with Crippen LogP contribution in [0, 0.1) is 0 Å². The van der Waals surface area contributed by atoms with Crippen LogP contribution in [-0.2, 0) is 4.79 Å². The molecule has 0 saturated heterocycles. The van der Waals surface area contributed by atoms with E-state index in [4.69, 9.17) is 4.74 Å². The van der Waals surface area contributed by atoms with E-state index in [9.17, 15) is 4.79 Å². The lowest BCUT2D eigenvalue weighted by atomic mass is 10.4. The maximum Gasteiger partial charge on any atom is 0.257 e. The molecule has 0 saturated carbocycles. The number of ether oxygens (including phenoxy) is 1. The molecule has 15 heavy (non-hydrogen) atoms. The Kier molecular flexibility index (Phi) is 4.15. The third-order valence-electron chi connectivity index (χ3n) is 1.85. The summed E-state index contributed by atoms with van der Waals surface area (Å²) in [6.45, 7) is 6.58. The van der Waals surface area contributed by atoms with Crippen LogP contribution >= 0.6 is 0 Å². The number of amides is 1. The molecular formula is C10H17N3O2. The van der Waals surface area contributed by atoms with Crippen molar-refractivity contribution in [2.75, 3.05) is 13.2 Å². The van der Waals surface area contributed by atoms with Crippen LogP contribution in [0.3, 0.4) is 0 Å². The molecule has 1 aromatic heterocycles. The van der Waals surface area contributed by atoms with Crippen LogP contribution in [0.1, 0.15) is 26.8 Å². The number of hydrogen-bond donors (Lipinski definition) is 1. The van der Waals surface area contributed by atoms with E-state index in [2.05, 4.69) is 10.4 Å². The lowest BCUT2D eigenvalue weighted by Crippen LogP contribution is -2.28. The highest BCUT2D eigenvalue weighted by Crippen LogP contribution is 2.11. The first-order chi connectivity index (χ1) is 7.13. The number of aromatic nitrogens is 2. The van der Waals surface area contributed by atoms with E-state index in [1.165, 1.54) is 0 Å². The van der Waals surface area contributed by atoms with Gasteiger partial charge in [0.2, 0.25) is 0 Å². The van der Waals surface area contributed by atoms with Gasteiger partial charge in [0, 0.05) is 12.6 Å². The second kappa shape index (κ2) is 5.38. The zero-order chi connectivity index (χ0) is 11.3. The van der Waals surface area contributed by atoms with Crippen molar-refractivity contribution in [3.05, 3.63) is 12.4 Å². The molecule has 0 spiro atoms. The Morgan fingerprint density at radius 3 is 2.93 bits per heavy atom. The quantitative estimate of drug-likeness (QED) is 0.789. The molecule has 84 valence electrons. The maximum atomic E-state index is 11.1. The Hall–Kier alpha value is -1.52. The normalized spacial score (nSPS) is 10.4. The first-order valence-electron chi connectivity index (χ1n) is 5.07. The minimum absolute atomic E-state index is 0.0393. The van der Waals surface area contributed by atoms with Gasteiger partial charge in [-0.3, -0.25) is 9.48 Å². The van der Waals surface area contributed by atoms with Gasteiger partial charge in [-0.25, -0.2) is 0 Å². The van der Waals surface area contributed by atoms with E-state index in [1.807, 2.05) is 20.8 Å². The summed E-state index contributed by atoms with van der Waals surface area (Å²) >= 11 is 0. The summed E-state index contributed by atoms with van der Waals surface area (Å²) in [7, 11) is 0. The largest absolute Gasteiger partial charge is 0.480 e. The zero-order valence-electron chi connectivity index (χ0n) is 9.36. The second-order valence-electron chi connectivity index (χ2n) is 3.49. The standard InChI is InChI=1S/C10H17N3O2/c1-4-11-10(14)7-15-9-5-12-13(6-9)8(2)3/h5-6,8H,4,7H2,1-3H3,(H,11,14). The summed E-state index contributed by atoms with van der Waals surface area (Å²) in [6, 6.07) is 0.298. The number of carbonyl (C=O) groups excluding carboxylic acids is 1. The second-order valence-corrected chi connectivity index (χ2v) is 3.49. The molecule has 1 rings (SSSR count). The Morgan fingerprint density at radius 1 is 1.67 bits per heavy atom. The molecule has 0 fully saturated rings. The molecule has 0 unspecified atom stereocenters. The number of rotatable bonds is 5. The van der Waals surface area contributed by atoms with E-state index in [0.29, 0.717) is 18.3 Å². The summed E-state index contributed by atoms with van der Waals surface area (Å²) in [4.78, 5) is 11.1. The van der Waals surface area contributed by atoms with E-state index in [0.717, 1.165) is 0 Å². The Labute approximate surface area is 89.4 Å². The lowest BCUT2D eigenvalue weighted by Gasteiger charge is -2.04. The molecule has 0 aliphatic carbocycles. The van der Waals surface area contributed by atoms with Gasteiger partial charge >= 0.3 is 0 Å². The van der Waals surface area contributed by atoms with Crippen LogP contribution < -0.4 is 10.1 Å². The third-order valence-corrected chi connectivity index (χ3v) is 1.85. The van der Waals surface area contributed by atoms with Gasteiger partial charge in [0.15, 0.2) is 12.4 Å². The van der Waals surface area contributed by atoms with Gasteiger partial charge in [-0.1, -0.05) is 0 Å². The average molecular weight is 211 g/mol. The van der Waals surface area contributed by atoms with Gasteiger partial charge in [0.25, 0.3) is 5.91 Å². The molecule has 0 bridgehead atoms. The zero-order valence-corrected chi connectivity index (χ0v) is 9.36. The van der Waals surface area contributed by atoms with E-state index < -0.39 is 0 Å². The predicted octanol–water partition coefficient (Wildman–Crippen LogP) is 0.979. The van der Waals surface area contributed by atoms with Gasteiger partial charge in [0.1, 0.15) is 0 Å². The van der Waals surface area contributed by atoms with Crippen LogP contribution in [0.2, 0.25) is 0 Å². The molecule has 5 heteroatoms. The van der Waals surface area contributed by atoms with Crippen molar-refractivity contribution >= 4 is 5.91 Å². The summed E-state index contributed by atoms with van der Waals surface area (Å²) < 4.78 is 7.04. The summed E-state index contributed by atoms with van der Waals surface area (Å²) in [5, 5.41) is 6.75. The highest BCUT2D eigenvalue weighted by Gasteiger charge is 2.04. The smallest absolute Gasteiger partial charge is 0.257 e. The maximum absolute atomic E-state index is 11.1. The van der Waals surface area contributed by atoms with E-state index in [-0.39, 0.29) is 12.5 Å². The van der Waals surface area contributed by atoms with Crippen molar-refractivity contribution in [2.24, 2.45) is 0 Å². The first kappa shape index (κ1) is 11.6. The van der Waals surface area contributed by atoms with Gasteiger partial charge in [-0.15, -0.1) is 0 Å². The minimum Gasteiger partial charge on any atom is -0.480 e. The predicted molar refractivity (Wildman–Crippen MR) is 56.8 cm³/mol. The number of nitrogens with zero attached hydrogens (tertiary/aromatic N) is 2.